The van der Waals surface area contributed by atoms with Crippen molar-refractivity contribution >= 4 is 14.0 Å². The molecule has 1 aliphatic rings. The van der Waals surface area contributed by atoms with Crippen molar-refractivity contribution in [3.05, 3.63) is 0 Å². The summed E-state index contributed by atoms with van der Waals surface area (Å²) in [5.41, 5.74) is 0.0698. The quantitative estimate of drug-likeness (QED) is 0.686. The van der Waals surface area contributed by atoms with E-state index < -0.39 is 8.46 Å². The molecule has 0 aromatic rings. The zero-order valence-electron chi connectivity index (χ0n) is 11.3. The Hall–Kier alpha value is -0.230. The third-order valence-corrected chi connectivity index (χ3v) is 4.28. The van der Waals surface area contributed by atoms with Crippen molar-refractivity contribution in [1.29, 1.82) is 0 Å². The van der Waals surface area contributed by atoms with E-state index in [1.54, 1.807) is 0 Å². The van der Waals surface area contributed by atoms with Gasteiger partial charge in [0, 0.05) is 0 Å². The predicted molar refractivity (Wildman–Crippen MR) is 68.1 cm³/mol. The van der Waals surface area contributed by atoms with Crippen molar-refractivity contribution in [1.82, 2.24) is 0 Å². The van der Waals surface area contributed by atoms with Crippen LogP contribution in [0.2, 0.25) is 0 Å². The van der Waals surface area contributed by atoms with Gasteiger partial charge in [0.05, 0.1) is 5.92 Å². The molecule has 3 heteroatoms. The van der Waals surface area contributed by atoms with Crippen molar-refractivity contribution in [2.45, 2.75) is 54.4 Å². The van der Waals surface area contributed by atoms with Crippen LogP contribution in [0, 0.1) is 22.2 Å². The van der Waals surface area contributed by atoms with Gasteiger partial charge in [-0.25, -0.2) is 4.79 Å². The monoisotopic (exact) mass is 243 g/mol. The van der Waals surface area contributed by atoms with Crippen LogP contribution in [-0.2, 0) is 9.36 Å². The average molecular weight is 243 g/mol. The van der Waals surface area contributed by atoms with Crippen LogP contribution in [0.1, 0.15) is 54.4 Å². The first-order valence-electron chi connectivity index (χ1n) is 5.94. The van der Waals surface area contributed by atoms with E-state index in [2.05, 4.69) is 41.5 Å². The van der Waals surface area contributed by atoms with E-state index in [1.165, 1.54) is 0 Å². The third-order valence-electron chi connectivity index (χ3n) is 3.79. The lowest BCUT2D eigenvalue weighted by Gasteiger charge is -2.52. The molecule has 1 aliphatic carbocycles. The van der Waals surface area contributed by atoms with Gasteiger partial charge < -0.3 is 0 Å². The van der Waals surface area contributed by atoms with E-state index in [0.717, 1.165) is 12.8 Å². The maximum atomic E-state index is 11.9. The Balaban J connectivity index is 3.16. The Labute approximate surface area is 100 Å². The fourth-order valence-corrected chi connectivity index (χ4v) is 5.46. The SMILES string of the molecule is CC1(C)CC(C)(C)C(C(=O)[PH+]=O)C(C)(C)C1. The Morgan fingerprint density at radius 1 is 1.00 bits per heavy atom. The lowest BCUT2D eigenvalue weighted by Crippen LogP contribution is -2.49. The van der Waals surface area contributed by atoms with Gasteiger partial charge in [-0.05, 0) is 29.1 Å². The number of hydrogen-bond acceptors (Lipinski definition) is 2. The number of rotatable bonds is 2. The van der Waals surface area contributed by atoms with Crippen LogP contribution in [0.5, 0.6) is 0 Å². The molecule has 1 unspecified atom stereocenters. The highest BCUT2D eigenvalue weighted by Gasteiger charge is 2.55. The third kappa shape index (κ3) is 2.53. The van der Waals surface area contributed by atoms with Gasteiger partial charge >= 0.3 is 14.0 Å². The van der Waals surface area contributed by atoms with Gasteiger partial charge in [-0.3, -0.25) is 0 Å². The summed E-state index contributed by atoms with van der Waals surface area (Å²) in [4.78, 5) is 11.9. The van der Waals surface area contributed by atoms with Crippen LogP contribution in [0.3, 0.4) is 0 Å². The molecule has 0 aliphatic heterocycles. The maximum Gasteiger partial charge on any atom is 0.401 e. The molecule has 0 bridgehead atoms. The molecule has 0 amide bonds. The second-order valence-corrected chi connectivity index (χ2v) is 8.09. The molecule has 1 rings (SSSR count). The fourth-order valence-electron chi connectivity index (χ4n) is 4.56. The van der Waals surface area contributed by atoms with E-state index in [9.17, 15) is 9.36 Å². The molecule has 1 atom stereocenters. The highest BCUT2D eigenvalue weighted by atomic mass is 31.1. The molecule has 0 heterocycles. The highest BCUT2D eigenvalue weighted by Crippen LogP contribution is 2.58. The molecule has 1 fully saturated rings. The summed E-state index contributed by atoms with van der Waals surface area (Å²) in [5.74, 6) is -0.0798. The molecule has 16 heavy (non-hydrogen) atoms. The molecule has 0 N–H and O–H groups in total. The van der Waals surface area contributed by atoms with E-state index in [4.69, 9.17) is 0 Å². The Kier molecular flexibility index (Phi) is 3.38. The van der Waals surface area contributed by atoms with E-state index in [0.29, 0.717) is 0 Å². The number of carbonyl (C=O) groups is 1. The Bertz CT molecular complexity index is 296. The first-order chi connectivity index (χ1) is 7.02. The van der Waals surface area contributed by atoms with E-state index in [-0.39, 0.29) is 27.7 Å². The molecular weight excluding hydrogens is 219 g/mol. The number of carbonyl (C=O) groups excluding carboxylic acids is 1. The summed E-state index contributed by atoms with van der Waals surface area (Å²) in [6.45, 7) is 13.1. The van der Waals surface area contributed by atoms with Crippen LogP contribution in [-0.4, -0.2) is 5.52 Å². The molecule has 1 saturated carbocycles. The van der Waals surface area contributed by atoms with Crippen molar-refractivity contribution in [3.8, 4) is 0 Å². The van der Waals surface area contributed by atoms with Gasteiger partial charge in [-0.15, -0.1) is 0 Å². The summed E-state index contributed by atoms with van der Waals surface area (Å²) in [5, 5.41) is 0. The van der Waals surface area contributed by atoms with Crippen LogP contribution in [0.4, 0.5) is 0 Å². The summed E-state index contributed by atoms with van der Waals surface area (Å²) in [7, 11) is -0.811. The second-order valence-electron chi connectivity index (χ2n) is 7.39. The van der Waals surface area contributed by atoms with Crippen LogP contribution < -0.4 is 0 Å². The van der Waals surface area contributed by atoms with Crippen molar-refractivity contribution in [3.63, 3.8) is 0 Å². The summed E-state index contributed by atoms with van der Waals surface area (Å²) in [6, 6.07) is 0. The molecule has 0 aromatic heterocycles. The minimum atomic E-state index is -0.811. The molecule has 92 valence electrons. The topological polar surface area (TPSA) is 34.1 Å². The van der Waals surface area contributed by atoms with E-state index >= 15 is 0 Å². The summed E-state index contributed by atoms with van der Waals surface area (Å²) >= 11 is 0. The lowest BCUT2D eigenvalue weighted by atomic mass is 9.51. The van der Waals surface area contributed by atoms with Crippen molar-refractivity contribution in [2.75, 3.05) is 0 Å². The number of hydrogen-bond donors (Lipinski definition) is 0. The first kappa shape index (κ1) is 13.8. The first-order valence-corrected chi connectivity index (χ1v) is 6.85. The Morgan fingerprint density at radius 3 is 1.69 bits per heavy atom. The summed E-state index contributed by atoms with van der Waals surface area (Å²) < 4.78 is 10.9. The van der Waals surface area contributed by atoms with Gasteiger partial charge in [0.15, 0.2) is 0 Å². The van der Waals surface area contributed by atoms with Gasteiger partial charge in [-0.2, -0.15) is 0 Å². The standard InChI is InChI=1S/C13H23O2P/c1-11(2)7-12(3,4)9(10(14)16-15)13(5,6)8-11/h9H,7-8H2,1-6H3/p+1. The van der Waals surface area contributed by atoms with Crippen LogP contribution in [0.25, 0.3) is 0 Å². The zero-order valence-corrected chi connectivity index (χ0v) is 12.3. The molecule has 0 radical (unpaired) electrons. The minimum Gasteiger partial charge on any atom is -0.240 e. The highest BCUT2D eigenvalue weighted by molar-refractivity contribution is 7.46. The average Bonchev–Trinajstić information content (AvgIpc) is 1.95. The van der Waals surface area contributed by atoms with E-state index in [1.807, 2.05) is 0 Å². The molecule has 0 saturated heterocycles. The van der Waals surface area contributed by atoms with Crippen LogP contribution >= 0.6 is 8.46 Å². The fraction of sp³-hybridized carbons (Fsp3) is 0.923. The predicted octanol–water partition coefficient (Wildman–Crippen LogP) is 4.03. The summed E-state index contributed by atoms with van der Waals surface area (Å²) in [6.07, 6.45) is 2.04. The van der Waals surface area contributed by atoms with Crippen molar-refractivity contribution < 1.29 is 9.36 Å². The van der Waals surface area contributed by atoms with Crippen molar-refractivity contribution in [2.24, 2.45) is 22.2 Å². The van der Waals surface area contributed by atoms with Gasteiger partial charge in [0.2, 0.25) is 0 Å². The minimum absolute atomic E-state index is 0.0558. The maximum absolute atomic E-state index is 11.9. The van der Waals surface area contributed by atoms with Gasteiger partial charge in [0.1, 0.15) is 0 Å². The molecular formula is C13H24O2P+. The smallest absolute Gasteiger partial charge is 0.240 e. The van der Waals surface area contributed by atoms with Crippen LogP contribution in [0.15, 0.2) is 0 Å². The largest absolute Gasteiger partial charge is 0.401 e. The van der Waals surface area contributed by atoms with Gasteiger partial charge in [0.25, 0.3) is 0 Å². The lowest BCUT2D eigenvalue weighted by molar-refractivity contribution is -0.131. The zero-order chi connectivity index (χ0) is 12.8. The van der Waals surface area contributed by atoms with Gasteiger partial charge in [-0.1, -0.05) is 46.1 Å². The second kappa shape index (κ2) is 3.91. The molecule has 0 spiro atoms. The normalized spacial score (nSPS) is 27.9. The molecule has 0 aromatic carbocycles. The Morgan fingerprint density at radius 2 is 1.38 bits per heavy atom. The molecule has 2 nitrogen and oxygen atoms in total.